The third kappa shape index (κ3) is 3.39. The molecule has 0 bridgehead atoms. The average molecular weight is 339 g/mol. The minimum Gasteiger partial charge on any atom is -0.341 e. The number of rotatable bonds is 4. The highest BCUT2D eigenvalue weighted by molar-refractivity contribution is 5.76. The highest BCUT2D eigenvalue weighted by Gasteiger charge is 2.27. The first kappa shape index (κ1) is 15.4. The molecule has 4 rings (SSSR count). The molecule has 0 N–H and O–H groups in total. The Hall–Kier alpha value is -3.10. The molecular formula is C16H17N7O2. The maximum absolute atomic E-state index is 12.3. The van der Waals surface area contributed by atoms with Crippen molar-refractivity contribution < 1.29 is 9.32 Å². The van der Waals surface area contributed by atoms with Crippen molar-refractivity contribution in [3.63, 3.8) is 0 Å². The van der Waals surface area contributed by atoms with Gasteiger partial charge in [-0.1, -0.05) is 11.2 Å². The number of aromatic nitrogens is 6. The fraction of sp³-hybridized carbons (Fsp3) is 0.375. The fourth-order valence-electron chi connectivity index (χ4n) is 2.93. The molecule has 0 radical (unpaired) electrons. The highest BCUT2D eigenvalue weighted by Crippen LogP contribution is 2.28. The zero-order chi connectivity index (χ0) is 17.1. The Morgan fingerprint density at radius 3 is 2.88 bits per heavy atom. The number of carbonyl (C=O) groups is 1. The first-order chi connectivity index (χ1) is 12.3. The van der Waals surface area contributed by atoms with Gasteiger partial charge in [0.2, 0.25) is 17.6 Å². The van der Waals surface area contributed by atoms with Gasteiger partial charge in [-0.3, -0.25) is 9.78 Å². The van der Waals surface area contributed by atoms with E-state index in [4.69, 9.17) is 4.52 Å². The summed E-state index contributed by atoms with van der Waals surface area (Å²) >= 11 is 0. The van der Waals surface area contributed by atoms with Crippen LogP contribution in [0.2, 0.25) is 0 Å². The van der Waals surface area contributed by atoms with Gasteiger partial charge in [0.25, 0.3) is 0 Å². The van der Waals surface area contributed by atoms with Crippen LogP contribution in [0.25, 0.3) is 11.5 Å². The number of pyridine rings is 1. The van der Waals surface area contributed by atoms with Crippen molar-refractivity contribution in [2.24, 2.45) is 0 Å². The summed E-state index contributed by atoms with van der Waals surface area (Å²) in [6, 6.07) is 5.58. The van der Waals surface area contributed by atoms with Gasteiger partial charge in [-0.25, -0.2) is 9.67 Å². The molecule has 9 nitrogen and oxygen atoms in total. The SMILES string of the molecule is O=C(Cn1cncn1)N1CCC(c2nc(-c3ccccn3)no2)CC1. The molecule has 0 saturated carbocycles. The summed E-state index contributed by atoms with van der Waals surface area (Å²) in [7, 11) is 0. The van der Waals surface area contributed by atoms with E-state index in [1.54, 1.807) is 12.5 Å². The lowest BCUT2D eigenvalue weighted by molar-refractivity contribution is -0.133. The number of carbonyl (C=O) groups excluding carboxylic acids is 1. The smallest absolute Gasteiger partial charge is 0.244 e. The van der Waals surface area contributed by atoms with Crippen molar-refractivity contribution in [2.75, 3.05) is 13.1 Å². The monoisotopic (exact) mass is 339 g/mol. The van der Waals surface area contributed by atoms with Crippen LogP contribution in [0.15, 0.2) is 41.6 Å². The van der Waals surface area contributed by atoms with Crippen molar-refractivity contribution in [1.82, 2.24) is 34.8 Å². The fourth-order valence-corrected chi connectivity index (χ4v) is 2.93. The van der Waals surface area contributed by atoms with Crippen LogP contribution in [0.1, 0.15) is 24.7 Å². The number of hydrogen-bond donors (Lipinski definition) is 0. The molecule has 0 aliphatic carbocycles. The molecule has 9 heteroatoms. The van der Waals surface area contributed by atoms with Gasteiger partial charge < -0.3 is 9.42 Å². The Balaban J connectivity index is 1.36. The Morgan fingerprint density at radius 2 is 2.16 bits per heavy atom. The predicted octanol–water partition coefficient (Wildman–Crippen LogP) is 1.13. The molecule has 25 heavy (non-hydrogen) atoms. The summed E-state index contributed by atoms with van der Waals surface area (Å²) in [5.41, 5.74) is 0.693. The number of nitrogens with zero attached hydrogens (tertiary/aromatic N) is 7. The second kappa shape index (κ2) is 6.80. The minimum atomic E-state index is 0.0450. The van der Waals surface area contributed by atoms with E-state index in [1.807, 2.05) is 23.1 Å². The molecule has 1 amide bonds. The highest BCUT2D eigenvalue weighted by atomic mass is 16.5. The van der Waals surface area contributed by atoms with Gasteiger partial charge >= 0.3 is 0 Å². The molecule has 0 aromatic carbocycles. The summed E-state index contributed by atoms with van der Waals surface area (Å²) in [5, 5.41) is 7.98. The maximum atomic E-state index is 12.3. The summed E-state index contributed by atoms with van der Waals surface area (Å²) in [4.78, 5) is 26.7. The van der Waals surface area contributed by atoms with Gasteiger partial charge in [0.1, 0.15) is 24.9 Å². The van der Waals surface area contributed by atoms with E-state index in [0.717, 1.165) is 12.8 Å². The molecule has 1 aliphatic rings. The van der Waals surface area contributed by atoms with E-state index in [0.29, 0.717) is 30.5 Å². The molecule has 3 aromatic rings. The molecule has 3 aromatic heterocycles. The Labute approximate surface area is 143 Å². The molecular weight excluding hydrogens is 322 g/mol. The van der Waals surface area contributed by atoms with E-state index in [2.05, 4.69) is 25.2 Å². The van der Waals surface area contributed by atoms with E-state index < -0.39 is 0 Å². The summed E-state index contributed by atoms with van der Waals surface area (Å²) in [6.07, 6.45) is 6.26. The van der Waals surface area contributed by atoms with E-state index in [9.17, 15) is 4.79 Å². The predicted molar refractivity (Wildman–Crippen MR) is 86.1 cm³/mol. The standard InChI is InChI=1S/C16H17N7O2/c24-14(9-23-11-17-10-19-23)22-7-4-12(5-8-22)16-20-15(21-25-16)13-3-1-2-6-18-13/h1-3,6,10-12H,4-5,7-9H2. The van der Waals surface area contributed by atoms with Crippen LogP contribution in [0.3, 0.4) is 0 Å². The minimum absolute atomic E-state index is 0.0450. The number of piperidine rings is 1. The first-order valence-electron chi connectivity index (χ1n) is 8.15. The Morgan fingerprint density at radius 1 is 1.28 bits per heavy atom. The second-order valence-corrected chi connectivity index (χ2v) is 5.92. The normalized spacial score (nSPS) is 15.4. The number of hydrogen-bond acceptors (Lipinski definition) is 7. The quantitative estimate of drug-likeness (QED) is 0.702. The number of amides is 1. The molecule has 0 unspecified atom stereocenters. The van der Waals surface area contributed by atoms with E-state index >= 15 is 0 Å². The van der Waals surface area contributed by atoms with Crippen LogP contribution in [-0.4, -0.2) is 53.8 Å². The van der Waals surface area contributed by atoms with Crippen LogP contribution < -0.4 is 0 Å². The lowest BCUT2D eigenvalue weighted by Crippen LogP contribution is -2.39. The Kier molecular flexibility index (Phi) is 4.19. The maximum Gasteiger partial charge on any atom is 0.244 e. The molecule has 0 spiro atoms. The molecule has 1 fully saturated rings. The lowest BCUT2D eigenvalue weighted by atomic mass is 9.97. The Bertz CT molecular complexity index is 823. The van der Waals surface area contributed by atoms with Crippen LogP contribution >= 0.6 is 0 Å². The van der Waals surface area contributed by atoms with Crippen LogP contribution in [0, 0.1) is 0 Å². The topological polar surface area (TPSA) is 103 Å². The largest absolute Gasteiger partial charge is 0.341 e. The van der Waals surface area contributed by atoms with Crippen molar-refractivity contribution in [1.29, 1.82) is 0 Å². The van der Waals surface area contributed by atoms with E-state index in [1.165, 1.54) is 11.0 Å². The first-order valence-corrected chi connectivity index (χ1v) is 8.15. The lowest BCUT2D eigenvalue weighted by Gasteiger charge is -2.30. The van der Waals surface area contributed by atoms with Crippen LogP contribution in [0.5, 0.6) is 0 Å². The average Bonchev–Trinajstić information content (AvgIpc) is 3.34. The van der Waals surface area contributed by atoms with Crippen molar-refractivity contribution in [2.45, 2.75) is 25.3 Å². The van der Waals surface area contributed by atoms with Gasteiger partial charge in [-0.05, 0) is 25.0 Å². The zero-order valence-electron chi connectivity index (χ0n) is 13.5. The number of likely N-dealkylation sites (tertiary alicyclic amines) is 1. The molecule has 0 atom stereocenters. The van der Waals surface area contributed by atoms with Gasteiger partial charge in [0.05, 0.1) is 0 Å². The van der Waals surface area contributed by atoms with Gasteiger partial charge in [-0.15, -0.1) is 0 Å². The third-order valence-electron chi connectivity index (χ3n) is 4.30. The summed E-state index contributed by atoms with van der Waals surface area (Å²) < 4.78 is 6.95. The second-order valence-electron chi connectivity index (χ2n) is 5.92. The van der Waals surface area contributed by atoms with E-state index in [-0.39, 0.29) is 18.4 Å². The molecule has 128 valence electrons. The summed E-state index contributed by atoms with van der Waals surface area (Å²) in [5.74, 6) is 1.33. The molecule has 1 saturated heterocycles. The van der Waals surface area contributed by atoms with Crippen LogP contribution in [0.4, 0.5) is 0 Å². The van der Waals surface area contributed by atoms with Crippen molar-refractivity contribution in [3.8, 4) is 11.5 Å². The molecule has 4 heterocycles. The van der Waals surface area contributed by atoms with Crippen molar-refractivity contribution >= 4 is 5.91 Å². The zero-order valence-corrected chi connectivity index (χ0v) is 13.5. The third-order valence-corrected chi connectivity index (χ3v) is 4.30. The van der Waals surface area contributed by atoms with Crippen LogP contribution in [-0.2, 0) is 11.3 Å². The van der Waals surface area contributed by atoms with Gasteiger partial charge in [0, 0.05) is 25.2 Å². The molecule has 1 aliphatic heterocycles. The van der Waals surface area contributed by atoms with Crippen molar-refractivity contribution in [3.05, 3.63) is 42.9 Å². The van der Waals surface area contributed by atoms with Gasteiger partial charge in [0.15, 0.2) is 0 Å². The summed E-state index contributed by atoms with van der Waals surface area (Å²) in [6.45, 7) is 1.55. The van der Waals surface area contributed by atoms with Gasteiger partial charge in [-0.2, -0.15) is 10.1 Å².